The summed E-state index contributed by atoms with van der Waals surface area (Å²) < 4.78 is 0. The Balaban J connectivity index is 1.63. The molecule has 0 heterocycles. The zero-order chi connectivity index (χ0) is 13.1. The van der Waals surface area contributed by atoms with E-state index < -0.39 is 11.9 Å². The van der Waals surface area contributed by atoms with Crippen molar-refractivity contribution in [3.8, 4) is 0 Å². The highest BCUT2D eigenvalue weighted by Crippen LogP contribution is 2.44. The molecule has 2 fully saturated rings. The summed E-state index contributed by atoms with van der Waals surface area (Å²) in [5.41, 5.74) is 0. The summed E-state index contributed by atoms with van der Waals surface area (Å²) in [6.45, 7) is 2.07. The quantitative estimate of drug-likeness (QED) is 0.645. The van der Waals surface area contributed by atoms with Crippen LogP contribution >= 0.6 is 0 Å². The highest BCUT2D eigenvalue weighted by molar-refractivity contribution is 5.74. The number of carbonyl (C=O) groups excluding carboxylic acids is 1. The van der Waals surface area contributed by atoms with Crippen molar-refractivity contribution in [1.29, 1.82) is 0 Å². The number of carboxylic acid groups (broad SMARTS) is 1. The van der Waals surface area contributed by atoms with Crippen LogP contribution in [0.25, 0.3) is 0 Å². The second-order valence-electron chi connectivity index (χ2n) is 5.63. The number of nitrogens with one attached hydrogen (secondary N) is 2. The Morgan fingerprint density at radius 2 is 1.78 bits per heavy atom. The average Bonchev–Trinajstić information content (AvgIpc) is 3.16. The number of hydrogen-bond acceptors (Lipinski definition) is 2. The molecule has 0 aromatic rings. The third-order valence-electron chi connectivity index (χ3n) is 3.84. The van der Waals surface area contributed by atoms with Crippen LogP contribution in [0.15, 0.2) is 0 Å². The number of carbonyl (C=O) groups is 2. The van der Waals surface area contributed by atoms with E-state index in [1.165, 1.54) is 25.7 Å². The Morgan fingerprint density at radius 1 is 1.22 bits per heavy atom. The van der Waals surface area contributed by atoms with Gasteiger partial charge in [-0.05, 0) is 43.9 Å². The van der Waals surface area contributed by atoms with Crippen molar-refractivity contribution in [2.75, 3.05) is 6.54 Å². The van der Waals surface area contributed by atoms with Gasteiger partial charge >= 0.3 is 12.0 Å². The predicted octanol–water partition coefficient (Wildman–Crippen LogP) is 1.58. The molecule has 2 rings (SSSR count). The molecule has 0 radical (unpaired) electrons. The fraction of sp³-hybridized carbons (Fsp3) is 0.846. The molecule has 0 aromatic carbocycles. The number of hydrogen-bond donors (Lipinski definition) is 3. The zero-order valence-corrected chi connectivity index (χ0v) is 10.8. The van der Waals surface area contributed by atoms with Crippen LogP contribution in [0.4, 0.5) is 4.79 Å². The molecule has 0 saturated heterocycles. The van der Waals surface area contributed by atoms with Crippen molar-refractivity contribution in [3.63, 3.8) is 0 Å². The molecule has 2 amide bonds. The second kappa shape index (κ2) is 5.59. The third kappa shape index (κ3) is 3.89. The summed E-state index contributed by atoms with van der Waals surface area (Å²) in [4.78, 5) is 22.3. The van der Waals surface area contributed by atoms with Gasteiger partial charge < -0.3 is 15.7 Å². The lowest BCUT2D eigenvalue weighted by Gasteiger charge is -2.18. The van der Waals surface area contributed by atoms with Crippen LogP contribution in [0.2, 0.25) is 0 Å². The Morgan fingerprint density at radius 3 is 2.22 bits per heavy atom. The molecule has 5 heteroatoms. The first kappa shape index (κ1) is 13.2. The van der Waals surface area contributed by atoms with Crippen LogP contribution in [0.1, 0.15) is 39.0 Å². The summed E-state index contributed by atoms with van der Waals surface area (Å²) in [5, 5.41) is 14.5. The largest absolute Gasteiger partial charge is 0.481 e. The molecule has 102 valence electrons. The van der Waals surface area contributed by atoms with Gasteiger partial charge in [0.25, 0.3) is 0 Å². The molecule has 2 saturated carbocycles. The van der Waals surface area contributed by atoms with Gasteiger partial charge in [0.15, 0.2) is 0 Å². The smallest absolute Gasteiger partial charge is 0.315 e. The molecule has 18 heavy (non-hydrogen) atoms. The first-order chi connectivity index (χ1) is 8.58. The molecule has 2 aliphatic carbocycles. The summed E-state index contributed by atoms with van der Waals surface area (Å²) in [7, 11) is 0. The highest BCUT2D eigenvalue weighted by Gasteiger charge is 2.42. The Bertz CT molecular complexity index is 312. The maximum absolute atomic E-state index is 11.7. The van der Waals surface area contributed by atoms with Crippen LogP contribution in [-0.4, -0.2) is 29.7 Å². The van der Waals surface area contributed by atoms with Gasteiger partial charge in [0.05, 0.1) is 5.92 Å². The lowest BCUT2D eigenvalue weighted by atomic mass is 10.1. The van der Waals surface area contributed by atoms with Crippen LogP contribution in [0.3, 0.4) is 0 Å². The van der Waals surface area contributed by atoms with E-state index in [2.05, 4.69) is 10.6 Å². The number of rotatable bonds is 7. The van der Waals surface area contributed by atoms with E-state index in [1.807, 2.05) is 0 Å². The van der Waals surface area contributed by atoms with Crippen LogP contribution in [0.5, 0.6) is 0 Å². The normalized spacial score (nSPS) is 20.6. The average molecular weight is 254 g/mol. The lowest BCUT2D eigenvalue weighted by Crippen LogP contribution is -2.44. The van der Waals surface area contributed by atoms with E-state index >= 15 is 0 Å². The van der Waals surface area contributed by atoms with Crippen molar-refractivity contribution >= 4 is 12.0 Å². The lowest BCUT2D eigenvalue weighted by molar-refractivity contribution is -0.141. The summed E-state index contributed by atoms with van der Waals surface area (Å²) in [5.74, 6) is 0.140. The molecule has 1 atom stereocenters. The van der Waals surface area contributed by atoms with Gasteiger partial charge in [-0.25, -0.2) is 4.79 Å². The van der Waals surface area contributed by atoms with Gasteiger partial charge in [0, 0.05) is 12.6 Å². The standard InChI is InChI=1S/C13H22N2O3/c1-8(12(16)17)6-7-14-13(18)15-11(9-2-3-9)10-4-5-10/h8-11H,2-7H2,1H3,(H,16,17)(H2,14,15,18). The fourth-order valence-electron chi connectivity index (χ4n) is 2.26. The van der Waals surface area contributed by atoms with E-state index in [0.717, 1.165) is 0 Å². The Labute approximate surface area is 107 Å². The number of aliphatic carboxylic acids is 1. The SMILES string of the molecule is CC(CCNC(=O)NC(C1CC1)C1CC1)C(=O)O. The maximum atomic E-state index is 11.7. The molecule has 5 nitrogen and oxygen atoms in total. The van der Waals surface area contributed by atoms with Gasteiger partial charge in [-0.1, -0.05) is 6.92 Å². The molecule has 2 aliphatic rings. The van der Waals surface area contributed by atoms with E-state index in [-0.39, 0.29) is 6.03 Å². The first-order valence-corrected chi connectivity index (χ1v) is 6.85. The van der Waals surface area contributed by atoms with Gasteiger partial charge in [0.1, 0.15) is 0 Å². The van der Waals surface area contributed by atoms with Crippen molar-refractivity contribution in [1.82, 2.24) is 10.6 Å². The van der Waals surface area contributed by atoms with E-state index in [4.69, 9.17) is 5.11 Å². The Hall–Kier alpha value is -1.26. The molecule has 0 bridgehead atoms. The predicted molar refractivity (Wildman–Crippen MR) is 67.2 cm³/mol. The highest BCUT2D eigenvalue weighted by atomic mass is 16.4. The zero-order valence-electron chi connectivity index (χ0n) is 10.8. The number of carboxylic acids is 1. The maximum Gasteiger partial charge on any atom is 0.315 e. The molecule has 0 aromatic heterocycles. The number of urea groups is 1. The molecule has 3 N–H and O–H groups in total. The number of amides is 2. The minimum atomic E-state index is -0.814. The van der Waals surface area contributed by atoms with Crippen LogP contribution < -0.4 is 10.6 Å². The molecule has 0 spiro atoms. The topological polar surface area (TPSA) is 78.4 Å². The third-order valence-corrected chi connectivity index (χ3v) is 3.84. The van der Waals surface area contributed by atoms with Crippen molar-refractivity contribution in [2.24, 2.45) is 17.8 Å². The molecular formula is C13H22N2O3. The van der Waals surface area contributed by atoms with Gasteiger partial charge in [-0.3, -0.25) is 4.79 Å². The molecule has 1 unspecified atom stereocenters. The van der Waals surface area contributed by atoms with Gasteiger partial charge in [0.2, 0.25) is 0 Å². The first-order valence-electron chi connectivity index (χ1n) is 6.85. The summed E-state index contributed by atoms with van der Waals surface area (Å²) in [6.07, 6.45) is 5.41. The van der Waals surface area contributed by atoms with Gasteiger partial charge in [-0.2, -0.15) is 0 Å². The second-order valence-corrected chi connectivity index (χ2v) is 5.63. The van der Waals surface area contributed by atoms with Crippen LogP contribution in [-0.2, 0) is 4.79 Å². The minimum Gasteiger partial charge on any atom is -0.481 e. The molecule has 0 aliphatic heterocycles. The van der Waals surface area contributed by atoms with Crippen molar-refractivity contribution < 1.29 is 14.7 Å². The minimum absolute atomic E-state index is 0.142. The van der Waals surface area contributed by atoms with Crippen LogP contribution in [0, 0.1) is 17.8 Å². The summed E-state index contributed by atoms with van der Waals surface area (Å²) in [6, 6.07) is 0.207. The van der Waals surface area contributed by atoms with Crippen molar-refractivity contribution in [3.05, 3.63) is 0 Å². The fourth-order valence-corrected chi connectivity index (χ4v) is 2.26. The van der Waals surface area contributed by atoms with E-state index in [0.29, 0.717) is 30.8 Å². The Kier molecular flexibility index (Phi) is 4.09. The van der Waals surface area contributed by atoms with E-state index in [1.54, 1.807) is 6.92 Å². The summed E-state index contributed by atoms with van der Waals surface area (Å²) >= 11 is 0. The van der Waals surface area contributed by atoms with Gasteiger partial charge in [-0.15, -0.1) is 0 Å². The van der Waals surface area contributed by atoms with Crippen molar-refractivity contribution in [2.45, 2.75) is 45.1 Å². The monoisotopic (exact) mass is 254 g/mol. The molecular weight excluding hydrogens is 232 g/mol. The van der Waals surface area contributed by atoms with E-state index in [9.17, 15) is 9.59 Å².